The molecule has 0 fully saturated rings. The second-order valence-corrected chi connectivity index (χ2v) is 5.56. The summed E-state index contributed by atoms with van der Waals surface area (Å²) in [4.78, 5) is 6.18. The fraction of sp³-hybridized carbons (Fsp3) is 0.750. The quantitative estimate of drug-likeness (QED) is 0.827. The smallest absolute Gasteiger partial charge is 0.107 e. The number of hydrogen-bond acceptors (Lipinski definition) is 4. The number of nitrogens with one attached hydrogen (secondary N) is 1. The van der Waals surface area contributed by atoms with Gasteiger partial charge in [-0.3, -0.25) is 0 Å². The summed E-state index contributed by atoms with van der Waals surface area (Å²) in [5, 5.41) is 4.73. The van der Waals surface area contributed by atoms with Gasteiger partial charge in [0.15, 0.2) is 0 Å². The van der Waals surface area contributed by atoms with Crippen LogP contribution < -0.4 is 5.32 Å². The predicted octanol–water partition coefficient (Wildman–Crippen LogP) is 2.15. The van der Waals surface area contributed by atoms with Crippen LogP contribution in [0.5, 0.6) is 0 Å². The second-order valence-electron chi connectivity index (χ2n) is 4.39. The minimum absolute atomic E-state index is 0.499. The number of rotatable bonds is 6. The van der Waals surface area contributed by atoms with Crippen molar-refractivity contribution in [2.24, 2.45) is 0 Å². The third-order valence-electron chi connectivity index (χ3n) is 3.00. The van der Waals surface area contributed by atoms with Gasteiger partial charge in [-0.1, -0.05) is 0 Å². The maximum absolute atomic E-state index is 5.06. The highest BCUT2D eigenvalue weighted by molar-refractivity contribution is 7.11. The van der Waals surface area contributed by atoms with E-state index in [0.717, 1.165) is 19.6 Å². The van der Waals surface area contributed by atoms with Crippen LogP contribution >= 0.6 is 11.3 Å². The van der Waals surface area contributed by atoms with E-state index in [2.05, 4.69) is 17.2 Å². The van der Waals surface area contributed by atoms with Gasteiger partial charge in [0.05, 0.1) is 5.69 Å². The molecule has 0 bridgehead atoms. The number of methoxy groups -OCH3 is 1. The van der Waals surface area contributed by atoms with Gasteiger partial charge in [0.25, 0.3) is 0 Å². The van der Waals surface area contributed by atoms with E-state index in [4.69, 9.17) is 4.74 Å². The number of hydrogen-bond donors (Lipinski definition) is 1. The van der Waals surface area contributed by atoms with Crippen molar-refractivity contribution in [3.63, 3.8) is 0 Å². The molecule has 1 aromatic heterocycles. The molecule has 0 amide bonds. The van der Waals surface area contributed by atoms with Crippen LogP contribution in [0.25, 0.3) is 0 Å². The Kier molecular flexibility index (Phi) is 4.32. The van der Waals surface area contributed by atoms with Crippen LogP contribution in [0.3, 0.4) is 0 Å². The van der Waals surface area contributed by atoms with Crippen LogP contribution in [-0.4, -0.2) is 24.7 Å². The van der Waals surface area contributed by atoms with Crippen molar-refractivity contribution in [1.29, 1.82) is 0 Å². The molecule has 0 spiro atoms. The molecule has 1 aromatic rings. The Labute approximate surface area is 101 Å². The van der Waals surface area contributed by atoms with Gasteiger partial charge in [-0.25, -0.2) is 4.98 Å². The first-order chi connectivity index (χ1) is 7.79. The molecule has 0 radical (unpaired) electrons. The van der Waals surface area contributed by atoms with Crippen molar-refractivity contribution in [3.05, 3.63) is 15.6 Å². The van der Waals surface area contributed by atoms with Gasteiger partial charge in [0.1, 0.15) is 5.01 Å². The molecular formula is C12H20N2OS. The maximum Gasteiger partial charge on any atom is 0.107 e. The molecule has 2 rings (SSSR count). The molecule has 0 saturated carbocycles. The van der Waals surface area contributed by atoms with Crippen LogP contribution in [0.1, 0.15) is 35.3 Å². The zero-order valence-corrected chi connectivity index (χ0v) is 10.9. The molecule has 90 valence electrons. The lowest BCUT2D eigenvalue weighted by Crippen LogP contribution is -2.26. The first kappa shape index (κ1) is 12.0. The van der Waals surface area contributed by atoms with Crippen molar-refractivity contribution >= 4 is 11.3 Å². The molecule has 1 N–H and O–H groups in total. The lowest BCUT2D eigenvalue weighted by Gasteiger charge is -2.11. The molecule has 1 aliphatic carbocycles. The standard InChI is InChI=1S/C12H20N2OS/c1-9(6-7-15-2)13-8-12-14-10-4-3-5-11(10)16-12/h9,13H,3-8H2,1-2H3. The molecular weight excluding hydrogens is 220 g/mol. The maximum atomic E-state index is 5.06. The summed E-state index contributed by atoms with van der Waals surface area (Å²) < 4.78 is 5.06. The van der Waals surface area contributed by atoms with E-state index in [0.29, 0.717) is 6.04 Å². The lowest BCUT2D eigenvalue weighted by molar-refractivity contribution is 0.184. The van der Waals surface area contributed by atoms with Crippen molar-refractivity contribution in [2.45, 2.75) is 45.2 Å². The van der Waals surface area contributed by atoms with E-state index in [9.17, 15) is 0 Å². The number of thiazole rings is 1. The van der Waals surface area contributed by atoms with Gasteiger partial charge in [-0.05, 0) is 32.6 Å². The van der Waals surface area contributed by atoms with E-state index in [1.54, 1.807) is 7.11 Å². The molecule has 0 aromatic carbocycles. The highest BCUT2D eigenvalue weighted by atomic mass is 32.1. The summed E-state index contributed by atoms with van der Waals surface area (Å²) in [5.74, 6) is 0. The van der Waals surface area contributed by atoms with Crippen LogP contribution in [0.4, 0.5) is 0 Å². The Morgan fingerprint density at radius 3 is 3.12 bits per heavy atom. The number of aryl methyl sites for hydroxylation is 2. The SMILES string of the molecule is COCCC(C)NCc1nc2c(s1)CCC2. The van der Waals surface area contributed by atoms with E-state index >= 15 is 0 Å². The van der Waals surface area contributed by atoms with Crippen LogP contribution in [-0.2, 0) is 24.1 Å². The summed E-state index contributed by atoms with van der Waals surface area (Å²) in [5.41, 5.74) is 1.35. The van der Waals surface area contributed by atoms with Crippen molar-refractivity contribution in [2.75, 3.05) is 13.7 Å². The van der Waals surface area contributed by atoms with E-state index in [-0.39, 0.29) is 0 Å². The minimum Gasteiger partial charge on any atom is -0.385 e. The number of ether oxygens (including phenoxy) is 1. The first-order valence-electron chi connectivity index (χ1n) is 5.99. The molecule has 0 aliphatic heterocycles. The predicted molar refractivity (Wildman–Crippen MR) is 66.9 cm³/mol. The van der Waals surface area contributed by atoms with Crippen LogP contribution in [0, 0.1) is 0 Å². The average Bonchev–Trinajstić information content (AvgIpc) is 2.83. The Hall–Kier alpha value is -0.450. The highest BCUT2D eigenvalue weighted by Crippen LogP contribution is 2.27. The normalized spacial score (nSPS) is 16.4. The molecule has 1 atom stereocenters. The van der Waals surface area contributed by atoms with Crippen LogP contribution in [0.15, 0.2) is 0 Å². The van der Waals surface area contributed by atoms with Crippen molar-refractivity contribution in [3.8, 4) is 0 Å². The molecule has 1 heterocycles. The summed E-state index contributed by atoms with van der Waals surface area (Å²) in [6.07, 6.45) is 4.78. The fourth-order valence-corrected chi connectivity index (χ4v) is 3.09. The summed E-state index contributed by atoms with van der Waals surface area (Å²) in [7, 11) is 1.75. The van der Waals surface area contributed by atoms with Crippen LogP contribution in [0.2, 0.25) is 0 Å². The van der Waals surface area contributed by atoms with Crippen molar-refractivity contribution < 1.29 is 4.74 Å². The zero-order chi connectivity index (χ0) is 11.4. The van der Waals surface area contributed by atoms with E-state index in [1.807, 2.05) is 11.3 Å². The van der Waals surface area contributed by atoms with Gasteiger partial charge in [-0.2, -0.15) is 0 Å². The molecule has 0 saturated heterocycles. The average molecular weight is 240 g/mol. The monoisotopic (exact) mass is 240 g/mol. The third-order valence-corrected chi connectivity index (χ3v) is 4.15. The molecule has 1 unspecified atom stereocenters. The van der Waals surface area contributed by atoms with Gasteiger partial charge in [0.2, 0.25) is 0 Å². The fourth-order valence-electron chi connectivity index (χ4n) is 1.98. The van der Waals surface area contributed by atoms with Gasteiger partial charge in [0, 0.05) is 31.2 Å². The van der Waals surface area contributed by atoms with Gasteiger partial charge in [-0.15, -0.1) is 11.3 Å². The Balaban J connectivity index is 1.76. The second kappa shape index (κ2) is 5.75. The Morgan fingerprint density at radius 1 is 1.50 bits per heavy atom. The van der Waals surface area contributed by atoms with E-state index < -0.39 is 0 Å². The summed E-state index contributed by atoms with van der Waals surface area (Å²) >= 11 is 1.88. The minimum atomic E-state index is 0.499. The molecule has 3 nitrogen and oxygen atoms in total. The first-order valence-corrected chi connectivity index (χ1v) is 6.81. The largest absolute Gasteiger partial charge is 0.385 e. The highest BCUT2D eigenvalue weighted by Gasteiger charge is 2.16. The zero-order valence-electron chi connectivity index (χ0n) is 10.1. The number of nitrogens with zero attached hydrogens (tertiary/aromatic N) is 1. The summed E-state index contributed by atoms with van der Waals surface area (Å²) in [6, 6.07) is 0.499. The van der Waals surface area contributed by atoms with Gasteiger partial charge >= 0.3 is 0 Å². The molecule has 4 heteroatoms. The topological polar surface area (TPSA) is 34.1 Å². The molecule has 16 heavy (non-hydrogen) atoms. The molecule has 1 aliphatic rings. The Morgan fingerprint density at radius 2 is 2.38 bits per heavy atom. The lowest BCUT2D eigenvalue weighted by atomic mass is 10.2. The van der Waals surface area contributed by atoms with Gasteiger partial charge < -0.3 is 10.1 Å². The summed E-state index contributed by atoms with van der Waals surface area (Å²) in [6.45, 7) is 3.92. The number of fused-ring (bicyclic) bond motifs is 1. The number of aromatic nitrogens is 1. The Bertz CT molecular complexity index is 316. The van der Waals surface area contributed by atoms with Crippen molar-refractivity contribution in [1.82, 2.24) is 10.3 Å². The third kappa shape index (κ3) is 3.03. The van der Waals surface area contributed by atoms with E-state index in [1.165, 1.54) is 34.8 Å².